The first-order chi connectivity index (χ1) is 9.67. The molecular formula is C14H15NO5. The molecule has 106 valence electrons. The van der Waals surface area contributed by atoms with Gasteiger partial charge in [0.1, 0.15) is 24.3 Å². The van der Waals surface area contributed by atoms with Crippen molar-refractivity contribution < 1.29 is 23.5 Å². The Kier molecular flexibility index (Phi) is 4.24. The number of carbonyl (C=O) groups excluding carboxylic acids is 1. The van der Waals surface area contributed by atoms with E-state index in [0.29, 0.717) is 34.3 Å². The van der Waals surface area contributed by atoms with E-state index in [0.717, 1.165) is 6.29 Å². The van der Waals surface area contributed by atoms with Gasteiger partial charge in [-0.25, -0.2) is 0 Å². The van der Waals surface area contributed by atoms with Crippen molar-refractivity contribution in [3.63, 3.8) is 0 Å². The van der Waals surface area contributed by atoms with Crippen molar-refractivity contribution in [2.75, 3.05) is 14.2 Å². The van der Waals surface area contributed by atoms with Crippen LogP contribution in [0, 0.1) is 6.92 Å². The van der Waals surface area contributed by atoms with Crippen LogP contribution in [-0.4, -0.2) is 25.7 Å². The van der Waals surface area contributed by atoms with Gasteiger partial charge in [-0.2, -0.15) is 0 Å². The van der Waals surface area contributed by atoms with E-state index in [9.17, 15) is 4.79 Å². The third-order valence-corrected chi connectivity index (χ3v) is 2.66. The summed E-state index contributed by atoms with van der Waals surface area (Å²) in [5, 5.41) is 3.84. The summed E-state index contributed by atoms with van der Waals surface area (Å²) in [4.78, 5) is 10.9. The fraction of sp³-hybridized carbons (Fsp3) is 0.286. The van der Waals surface area contributed by atoms with E-state index in [-0.39, 0.29) is 6.61 Å². The van der Waals surface area contributed by atoms with Gasteiger partial charge in [-0.3, -0.25) is 4.79 Å². The van der Waals surface area contributed by atoms with Gasteiger partial charge < -0.3 is 18.7 Å². The standard InChI is InChI=1S/C14H15NO5/c1-9-4-11(15-20-9)8-19-14-12(17-2)5-10(7-16)6-13(14)18-3/h4-7H,8H2,1-3H3. The maximum absolute atomic E-state index is 10.9. The minimum atomic E-state index is 0.213. The number of methoxy groups -OCH3 is 2. The first-order valence-electron chi connectivity index (χ1n) is 5.94. The van der Waals surface area contributed by atoms with Crippen LogP contribution in [0.3, 0.4) is 0 Å². The second-order valence-electron chi connectivity index (χ2n) is 4.09. The Bertz CT molecular complexity index is 580. The summed E-state index contributed by atoms with van der Waals surface area (Å²) in [6.45, 7) is 2.01. The van der Waals surface area contributed by atoms with Crippen molar-refractivity contribution in [3.8, 4) is 17.2 Å². The van der Waals surface area contributed by atoms with Gasteiger partial charge in [0.2, 0.25) is 5.75 Å². The zero-order valence-electron chi connectivity index (χ0n) is 11.5. The maximum atomic E-state index is 10.9. The van der Waals surface area contributed by atoms with Gasteiger partial charge >= 0.3 is 0 Å². The number of carbonyl (C=O) groups is 1. The largest absolute Gasteiger partial charge is 0.493 e. The van der Waals surface area contributed by atoms with Crippen molar-refractivity contribution in [1.82, 2.24) is 5.16 Å². The summed E-state index contributed by atoms with van der Waals surface area (Å²) in [6.07, 6.45) is 0.718. The Morgan fingerprint density at radius 2 is 1.85 bits per heavy atom. The quantitative estimate of drug-likeness (QED) is 0.755. The Labute approximate surface area is 116 Å². The highest BCUT2D eigenvalue weighted by atomic mass is 16.5. The molecule has 0 aliphatic heterocycles. The molecule has 20 heavy (non-hydrogen) atoms. The molecule has 2 rings (SSSR count). The molecule has 0 radical (unpaired) electrons. The van der Waals surface area contributed by atoms with Crippen LogP contribution in [0.4, 0.5) is 0 Å². The smallest absolute Gasteiger partial charge is 0.203 e. The van der Waals surface area contributed by atoms with Crippen molar-refractivity contribution in [1.29, 1.82) is 0 Å². The monoisotopic (exact) mass is 277 g/mol. The molecule has 0 bridgehead atoms. The van der Waals surface area contributed by atoms with Crippen LogP contribution in [0.5, 0.6) is 17.2 Å². The van der Waals surface area contributed by atoms with Gasteiger partial charge in [-0.15, -0.1) is 0 Å². The van der Waals surface area contributed by atoms with Crippen molar-refractivity contribution >= 4 is 6.29 Å². The highest BCUT2D eigenvalue weighted by Gasteiger charge is 2.15. The lowest BCUT2D eigenvalue weighted by Crippen LogP contribution is -2.01. The third-order valence-electron chi connectivity index (χ3n) is 2.66. The molecule has 1 heterocycles. The number of benzene rings is 1. The number of nitrogens with zero attached hydrogens (tertiary/aromatic N) is 1. The topological polar surface area (TPSA) is 70.8 Å². The highest BCUT2D eigenvalue weighted by Crippen LogP contribution is 2.38. The molecule has 0 unspecified atom stereocenters. The normalized spacial score (nSPS) is 10.2. The fourth-order valence-corrected chi connectivity index (χ4v) is 1.74. The number of aldehydes is 1. The van der Waals surface area contributed by atoms with Crippen molar-refractivity contribution in [2.45, 2.75) is 13.5 Å². The van der Waals surface area contributed by atoms with Gasteiger partial charge in [0.05, 0.1) is 14.2 Å². The van der Waals surface area contributed by atoms with E-state index in [1.165, 1.54) is 14.2 Å². The second kappa shape index (κ2) is 6.10. The van der Waals surface area contributed by atoms with Gasteiger partial charge in [0.15, 0.2) is 11.5 Å². The van der Waals surface area contributed by atoms with Crippen LogP contribution in [0.1, 0.15) is 21.8 Å². The van der Waals surface area contributed by atoms with Crippen LogP contribution >= 0.6 is 0 Å². The molecule has 0 aliphatic carbocycles. The summed E-state index contributed by atoms with van der Waals surface area (Å²) >= 11 is 0. The molecular weight excluding hydrogens is 262 g/mol. The molecule has 6 heteroatoms. The van der Waals surface area contributed by atoms with E-state index in [1.807, 2.05) is 0 Å². The Hall–Kier alpha value is -2.50. The van der Waals surface area contributed by atoms with Gasteiger partial charge in [-0.1, -0.05) is 5.16 Å². The molecule has 0 N–H and O–H groups in total. The summed E-state index contributed by atoms with van der Waals surface area (Å²) in [5.41, 5.74) is 1.11. The van der Waals surface area contributed by atoms with E-state index in [4.69, 9.17) is 18.7 Å². The molecule has 0 saturated heterocycles. The average Bonchev–Trinajstić information content (AvgIpc) is 2.89. The van der Waals surface area contributed by atoms with Crippen molar-refractivity contribution in [3.05, 3.63) is 35.2 Å². The van der Waals surface area contributed by atoms with Crippen LogP contribution in [0.15, 0.2) is 22.7 Å². The van der Waals surface area contributed by atoms with Gasteiger partial charge in [0, 0.05) is 11.6 Å². The SMILES string of the molecule is COc1cc(C=O)cc(OC)c1OCc1cc(C)on1. The van der Waals surface area contributed by atoms with Gasteiger partial charge in [-0.05, 0) is 19.1 Å². The molecule has 0 aliphatic rings. The van der Waals surface area contributed by atoms with Crippen LogP contribution in [0.2, 0.25) is 0 Å². The van der Waals surface area contributed by atoms with E-state index >= 15 is 0 Å². The fourth-order valence-electron chi connectivity index (χ4n) is 1.74. The predicted octanol–water partition coefficient (Wildman–Crippen LogP) is 2.39. The average molecular weight is 277 g/mol. The van der Waals surface area contributed by atoms with Gasteiger partial charge in [0.25, 0.3) is 0 Å². The van der Waals surface area contributed by atoms with Crippen LogP contribution < -0.4 is 14.2 Å². The molecule has 0 saturated carbocycles. The first-order valence-corrected chi connectivity index (χ1v) is 5.94. The number of ether oxygens (including phenoxy) is 3. The number of aryl methyl sites for hydroxylation is 1. The van der Waals surface area contributed by atoms with Crippen molar-refractivity contribution in [2.24, 2.45) is 0 Å². The highest BCUT2D eigenvalue weighted by molar-refractivity contribution is 5.78. The summed E-state index contributed by atoms with van der Waals surface area (Å²) in [5.74, 6) is 1.97. The summed E-state index contributed by atoms with van der Waals surface area (Å²) in [6, 6.07) is 4.94. The third kappa shape index (κ3) is 2.90. The molecule has 0 spiro atoms. The minimum absolute atomic E-state index is 0.213. The Morgan fingerprint density at radius 3 is 2.30 bits per heavy atom. The number of hydrogen-bond acceptors (Lipinski definition) is 6. The lowest BCUT2D eigenvalue weighted by Gasteiger charge is -2.14. The number of aromatic nitrogens is 1. The summed E-state index contributed by atoms with van der Waals surface area (Å²) in [7, 11) is 2.99. The molecule has 0 atom stereocenters. The maximum Gasteiger partial charge on any atom is 0.203 e. The zero-order chi connectivity index (χ0) is 14.5. The molecule has 6 nitrogen and oxygen atoms in total. The molecule has 2 aromatic rings. The van der Waals surface area contributed by atoms with E-state index in [1.54, 1.807) is 25.1 Å². The summed E-state index contributed by atoms with van der Waals surface area (Å²) < 4.78 is 21.1. The number of rotatable bonds is 6. The van der Waals surface area contributed by atoms with Crippen LogP contribution in [0.25, 0.3) is 0 Å². The molecule has 0 amide bonds. The molecule has 0 fully saturated rings. The predicted molar refractivity (Wildman–Crippen MR) is 70.5 cm³/mol. The Morgan fingerprint density at radius 1 is 1.20 bits per heavy atom. The zero-order valence-corrected chi connectivity index (χ0v) is 11.5. The van der Waals surface area contributed by atoms with Crippen LogP contribution in [-0.2, 0) is 6.61 Å². The minimum Gasteiger partial charge on any atom is -0.493 e. The molecule has 1 aromatic heterocycles. The molecule has 1 aromatic carbocycles. The Balaban J connectivity index is 2.27. The number of hydrogen-bond donors (Lipinski definition) is 0. The second-order valence-corrected chi connectivity index (χ2v) is 4.09. The van der Waals surface area contributed by atoms with E-state index < -0.39 is 0 Å². The first kappa shape index (κ1) is 13.9. The lowest BCUT2D eigenvalue weighted by atomic mass is 10.2. The lowest BCUT2D eigenvalue weighted by molar-refractivity contribution is 0.112. The van der Waals surface area contributed by atoms with E-state index in [2.05, 4.69) is 5.16 Å².